The van der Waals surface area contributed by atoms with Gasteiger partial charge in [0.05, 0.1) is 17.8 Å². The standard InChI is InChI=1S/C21H26N4O4/c1-3-7-16-11-17(24(2)23-16)20(27)25-12-15(10-19(22)26)18(13-25)29-21(28)14-8-5-4-6-9-14/h4-6,8-9,11,15,18H,3,7,10,12-13H2,1-2H3,(H2,22,26)/t15-,18+/m0/s1. The third-order valence-corrected chi connectivity index (χ3v) is 5.06. The lowest BCUT2D eigenvalue weighted by molar-refractivity contribution is -0.119. The molecular weight excluding hydrogens is 372 g/mol. The molecule has 2 aromatic rings. The number of esters is 1. The molecule has 2 N–H and O–H groups in total. The average Bonchev–Trinajstić information content (AvgIpc) is 3.25. The van der Waals surface area contributed by atoms with Crippen molar-refractivity contribution in [3.8, 4) is 0 Å². The molecule has 29 heavy (non-hydrogen) atoms. The molecule has 154 valence electrons. The Bertz CT molecular complexity index is 893. The van der Waals surface area contributed by atoms with Crippen LogP contribution in [0.15, 0.2) is 36.4 Å². The van der Waals surface area contributed by atoms with Crippen LogP contribution in [0, 0.1) is 5.92 Å². The Kier molecular flexibility index (Phi) is 6.31. The molecule has 1 fully saturated rings. The van der Waals surface area contributed by atoms with Gasteiger partial charge in [0.15, 0.2) is 0 Å². The largest absolute Gasteiger partial charge is 0.457 e. The summed E-state index contributed by atoms with van der Waals surface area (Å²) in [6, 6.07) is 10.4. The lowest BCUT2D eigenvalue weighted by atomic mass is 10.0. The number of hydrogen-bond acceptors (Lipinski definition) is 5. The second-order valence-electron chi connectivity index (χ2n) is 7.34. The summed E-state index contributed by atoms with van der Waals surface area (Å²) in [6.07, 6.45) is 1.18. The second kappa shape index (κ2) is 8.89. The summed E-state index contributed by atoms with van der Waals surface area (Å²) in [4.78, 5) is 38.6. The maximum absolute atomic E-state index is 13.0. The molecule has 0 bridgehead atoms. The van der Waals surface area contributed by atoms with Gasteiger partial charge in [-0.25, -0.2) is 4.79 Å². The summed E-state index contributed by atoms with van der Waals surface area (Å²) in [5, 5.41) is 4.38. The minimum atomic E-state index is -0.595. The van der Waals surface area contributed by atoms with Crippen molar-refractivity contribution < 1.29 is 19.1 Å². The van der Waals surface area contributed by atoms with Gasteiger partial charge in [-0.2, -0.15) is 5.10 Å². The molecule has 0 unspecified atom stereocenters. The maximum atomic E-state index is 13.0. The number of benzene rings is 1. The van der Waals surface area contributed by atoms with E-state index in [0.717, 1.165) is 18.5 Å². The number of carbonyl (C=O) groups excluding carboxylic acids is 3. The van der Waals surface area contributed by atoms with Crippen LogP contribution in [0.1, 0.15) is 46.3 Å². The van der Waals surface area contributed by atoms with Crippen molar-refractivity contribution in [1.29, 1.82) is 0 Å². The smallest absolute Gasteiger partial charge is 0.338 e. The SMILES string of the molecule is CCCc1cc(C(=O)N2C[C@H](CC(N)=O)[C@H](OC(=O)c3ccccc3)C2)n(C)n1. The molecule has 1 saturated heterocycles. The van der Waals surface area contributed by atoms with Crippen LogP contribution in [-0.2, 0) is 23.0 Å². The van der Waals surface area contributed by atoms with E-state index in [-0.39, 0.29) is 24.8 Å². The van der Waals surface area contributed by atoms with Crippen LogP contribution in [0.5, 0.6) is 0 Å². The number of aryl methyl sites for hydroxylation is 2. The normalized spacial score (nSPS) is 18.6. The molecule has 8 heteroatoms. The predicted molar refractivity (Wildman–Crippen MR) is 106 cm³/mol. The molecule has 1 aromatic carbocycles. The highest BCUT2D eigenvalue weighted by Gasteiger charge is 2.39. The number of primary amides is 1. The van der Waals surface area contributed by atoms with E-state index in [1.54, 1.807) is 47.0 Å². The quantitative estimate of drug-likeness (QED) is 0.712. The van der Waals surface area contributed by atoms with Gasteiger partial charge in [0.2, 0.25) is 5.91 Å². The monoisotopic (exact) mass is 398 g/mol. The molecule has 3 rings (SSSR count). The van der Waals surface area contributed by atoms with Gasteiger partial charge < -0.3 is 15.4 Å². The van der Waals surface area contributed by atoms with Crippen molar-refractivity contribution in [1.82, 2.24) is 14.7 Å². The molecule has 2 amide bonds. The van der Waals surface area contributed by atoms with E-state index < -0.39 is 18.0 Å². The highest BCUT2D eigenvalue weighted by Crippen LogP contribution is 2.26. The molecule has 0 aliphatic carbocycles. The molecule has 0 radical (unpaired) electrons. The van der Waals surface area contributed by atoms with Crippen LogP contribution in [0.25, 0.3) is 0 Å². The Morgan fingerprint density at radius 1 is 1.21 bits per heavy atom. The number of amides is 2. The fourth-order valence-electron chi connectivity index (χ4n) is 3.64. The van der Waals surface area contributed by atoms with Crippen molar-refractivity contribution in [3.05, 3.63) is 53.3 Å². The maximum Gasteiger partial charge on any atom is 0.338 e. The molecule has 0 saturated carbocycles. The number of nitrogens with zero attached hydrogens (tertiary/aromatic N) is 3. The van der Waals surface area contributed by atoms with E-state index in [2.05, 4.69) is 12.0 Å². The Balaban J connectivity index is 1.75. The summed E-state index contributed by atoms with van der Waals surface area (Å²) in [5.74, 6) is -1.51. The number of nitrogens with two attached hydrogens (primary N) is 1. The number of aromatic nitrogens is 2. The van der Waals surface area contributed by atoms with Crippen LogP contribution in [0.2, 0.25) is 0 Å². The molecule has 2 atom stereocenters. The van der Waals surface area contributed by atoms with Crippen molar-refractivity contribution in [3.63, 3.8) is 0 Å². The van der Waals surface area contributed by atoms with Gasteiger partial charge >= 0.3 is 5.97 Å². The molecule has 2 heterocycles. The van der Waals surface area contributed by atoms with Crippen molar-refractivity contribution in [2.24, 2.45) is 18.7 Å². The number of rotatable bonds is 7. The minimum Gasteiger partial charge on any atom is -0.457 e. The second-order valence-corrected chi connectivity index (χ2v) is 7.34. The molecular formula is C21H26N4O4. The van der Waals surface area contributed by atoms with Gasteiger partial charge in [0.25, 0.3) is 5.91 Å². The topological polar surface area (TPSA) is 108 Å². The lowest BCUT2D eigenvalue weighted by Gasteiger charge is -2.17. The van der Waals surface area contributed by atoms with Crippen molar-refractivity contribution in [2.75, 3.05) is 13.1 Å². The van der Waals surface area contributed by atoms with E-state index in [1.165, 1.54) is 0 Å². The molecule has 1 aliphatic heterocycles. The zero-order valence-electron chi connectivity index (χ0n) is 16.7. The zero-order valence-corrected chi connectivity index (χ0v) is 16.7. The third-order valence-electron chi connectivity index (χ3n) is 5.06. The van der Waals surface area contributed by atoms with Gasteiger partial charge in [-0.05, 0) is 24.6 Å². The van der Waals surface area contributed by atoms with Gasteiger partial charge in [0.1, 0.15) is 11.8 Å². The van der Waals surface area contributed by atoms with Crippen molar-refractivity contribution in [2.45, 2.75) is 32.3 Å². The molecule has 1 aromatic heterocycles. The first kappa shape index (κ1) is 20.6. The van der Waals surface area contributed by atoms with Crippen LogP contribution in [-0.4, -0.2) is 51.7 Å². The summed E-state index contributed by atoms with van der Waals surface area (Å²) < 4.78 is 7.21. The zero-order chi connectivity index (χ0) is 21.0. The highest BCUT2D eigenvalue weighted by atomic mass is 16.5. The third kappa shape index (κ3) is 4.82. The summed E-state index contributed by atoms with van der Waals surface area (Å²) in [5.41, 5.74) is 7.13. The fraction of sp³-hybridized carbons (Fsp3) is 0.429. The first-order valence-electron chi connectivity index (χ1n) is 9.75. The highest BCUT2D eigenvalue weighted by molar-refractivity contribution is 5.93. The number of likely N-dealkylation sites (tertiary alicyclic amines) is 1. The Morgan fingerprint density at radius 3 is 2.59 bits per heavy atom. The van der Waals surface area contributed by atoms with E-state index in [1.807, 2.05) is 6.07 Å². The molecule has 8 nitrogen and oxygen atoms in total. The number of carbonyl (C=O) groups is 3. The van der Waals surface area contributed by atoms with Gasteiger partial charge in [-0.3, -0.25) is 14.3 Å². The average molecular weight is 398 g/mol. The van der Waals surface area contributed by atoms with Crippen molar-refractivity contribution >= 4 is 17.8 Å². The van der Waals surface area contributed by atoms with E-state index >= 15 is 0 Å². The Hall–Kier alpha value is -3.16. The van der Waals surface area contributed by atoms with Crippen LogP contribution >= 0.6 is 0 Å². The van der Waals surface area contributed by atoms with Gasteiger partial charge in [0, 0.05) is 25.9 Å². The van der Waals surface area contributed by atoms with Crippen LogP contribution in [0.4, 0.5) is 0 Å². The first-order valence-corrected chi connectivity index (χ1v) is 9.75. The van der Waals surface area contributed by atoms with Crippen LogP contribution in [0.3, 0.4) is 0 Å². The Morgan fingerprint density at radius 2 is 1.93 bits per heavy atom. The summed E-state index contributed by atoms with van der Waals surface area (Å²) in [7, 11) is 1.73. The number of ether oxygens (including phenoxy) is 1. The lowest BCUT2D eigenvalue weighted by Crippen LogP contribution is -2.32. The van der Waals surface area contributed by atoms with E-state index in [0.29, 0.717) is 17.8 Å². The minimum absolute atomic E-state index is 0.0446. The predicted octanol–water partition coefficient (Wildman–Crippen LogP) is 1.55. The van der Waals surface area contributed by atoms with E-state index in [4.69, 9.17) is 10.5 Å². The molecule has 1 aliphatic rings. The Labute approximate surface area is 169 Å². The number of hydrogen-bond donors (Lipinski definition) is 1. The first-order chi connectivity index (χ1) is 13.9. The van der Waals surface area contributed by atoms with Gasteiger partial charge in [-0.1, -0.05) is 31.5 Å². The van der Waals surface area contributed by atoms with Gasteiger partial charge in [-0.15, -0.1) is 0 Å². The fourth-order valence-corrected chi connectivity index (χ4v) is 3.64. The summed E-state index contributed by atoms with van der Waals surface area (Å²) >= 11 is 0. The molecule has 0 spiro atoms. The van der Waals surface area contributed by atoms with Crippen LogP contribution < -0.4 is 5.73 Å². The summed E-state index contributed by atoms with van der Waals surface area (Å²) in [6.45, 7) is 2.56. The van der Waals surface area contributed by atoms with E-state index in [9.17, 15) is 14.4 Å².